The fraction of sp³-hybridized carbons (Fsp3) is 0.588. The Morgan fingerprint density at radius 2 is 2.29 bits per heavy atom. The first-order chi connectivity index (χ1) is 10.1. The van der Waals surface area contributed by atoms with Crippen LogP contribution in [-0.4, -0.2) is 23.2 Å². The van der Waals surface area contributed by atoms with Crippen molar-refractivity contribution in [3.05, 3.63) is 29.8 Å². The second kappa shape index (κ2) is 7.46. The van der Waals surface area contributed by atoms with Gasteiger partial charge in [-0.1, -0.05) is 31.9 Å². The van der Waals surface area contributed by atoms with Crippen molar-refractivity contribution in [2.45, 2.75) is 58.3 Å². The Hall–Kier alpha value is -1.55. The third kappa shape index (κ3) is 4.74. The fourth-order valence-corrected chi connectivity index (χ4v) is 2.86. The van der Waals surface area contributed by atoms with E-state index in [1.807, 2.05) is 12.1 Å². The van der Waals surface area contributed by atoms with E-state index in [9.17, 15) is 4.79 Å². The van der Waals surface area contributed by atoms with Crippen LogP contribution in [0.1, 0.15) is 45.1 Å². The van der Waals surface area contributed by atoms with Crippen LogP contribution in [0.25, 0.3) is 0 Å². The Morgan fingerprint density at radius 1 is 1.48 bits per heavy atom. The van der Waals surface area contributed by atoms with Crippen LogP contribution < -0.4 is 10.1 Å². The first kappa shape index (κ1) is 15.8. The van der Waals surface area contributed by atoms with E-state index in [4.69, 9.17) is 9.84 Å². The predicted octanol–water partition coefficient (Wildman–Crippen LogP) is 2.64. The summed E-state index contributed by atoms with van der Waals surface area (Å²) >= 11 is 0. The van der Waals surface area contributed by atoms with E-state index in [1.54, 1.807) is 19.1 Å². The summed E-state index contributed by atoms with van der Waals surface area (Å²) in [5.74, 6) is 1.23. The van der Waals surface area contributed by atoms with Gasteiger partial charge in [0.25, 0.3) is 5.91 Å². The number of carbonyl (C=O) groups is 1. The molecular formula is C17H25NO3. The molecule has 21 heavy (non-hydrogen) atoms. The summed E-state index contributed by atoms with van der Waals surface area (Å²) in [6, 6.07) is 7.46. The molecule has 1 aliphatic carbocycles. The molecule has 1 fully saturated rings. The molecule has 1 aliphatic rings. The quantitative estimate of drug-likeness (QED) is 0.877. The van der Waals surface area contributed by atoms with Crippen LogP contribution in [-0.2, 0) is 11.4 Å². The molecule has 0 spiro atoms. The van der Waals surface area contributed by atoms with Gasteiger partial charge in [0.2, 0.25) is 0 Å². The van der Waals surface area contributed by atoms with Crippen molar-refractivity contribution in [3.8, 4) is 5.75 Å². The van der Waals surface area contributed by atoms with Crippen molar-refractivity contribution in [2.75, 3.05) is 0 Å². The van der Waals surface area contributed by atoms with E-state index < -0.39 is 6.10 Å². The molecule has 1 aromatic carbocycles. The fourth-order valence-electron chi connectivity index (χ4n) is 2.86. The maximum absolute atomic E-state index is 12.2. The third-order valence-corrected chi connectivity index (χ3v) is 4.05. The van der Waals surface area contributed by atoms with Crippen molar-refractivity contribution in [2.24, 2.45) is 5.92 Å². The molecule has 0 saturated heterocycles. The summed E-state index contributed by atoms with van der Waals surface area (Å²) in [6.07, 6.45) is 4.02. The van der Waals surface area contributed by atoms with Crippen LogP contribution >= 0.6 is 0 Å². The van der Waals surface area contributed by atoms with Gasteiger partial charge < -0.3 is 15.2 Å². The van der Waals surface area contributed by atoms with Gasteiger partial charge in [0.1, 0.15) is 5.75 Å². The first-order valence-corrected chi connectivity index (χ1v) is 7.75. The van der Waals surface area contributed by atoms with Gasteiger partial charge in [-0.05, 0) is 43.4 Å². The Balaban J connectivity index is 1.86. The normalized spacial score (nSPS) is 23.4. The average Bonchev–Trinajstić information content (AvgIpc) is 2.47. The van der Waals surface area contributed by atoms with Crippen LogP contribution in [0, 0.1) is 5.92 Å². The number of hydrogen-bond acceptors (Lipinski definition) is 3. The Kier molecular flexibility index (Phi) is 5.62. The van der Waals surface area contributed by atoms with Crippen molar-refractivity contribution in [1.29, 1.82) is 0 Å². The number of rotatable bonds is 5. The van der Waals surface area contributed by atoms with Crippen LogP contribution in [0.2, 0.25) is 0 Å². The topological polar surface area (TPSA) is 58.6 Å². The lowest BCUT2D eigenvalue weighted by molar-refractivity contribution is -0.128. The lowest BCUT2D eigenvalue weighted by atomic mass is 9.87. The molecule has 4 heteroatoms. The van der Waals surface area contributed by atoms with E-state index in [0.717, 1.165) is 18.4 Å². The summed E-state index contributed by atoms with van der Waals surface area (Å²) < 4.78 is 5.66. The minimum Gasteiger partial charge on any atom is -0.481 e. The molecule has 116 valence electrons. The highest BCUT2D eigenvalue weighted by Gasteiger charge is 2.23. The van der Waals surface area contributed by atoms with Gasteiger partial charge in [0.15, 0.2) is 6.10 Å². The van der Waals surface area contributed by atoms with Gasteiger partial charge in [0.05, 0.1) is 6.61 Å². The molecule has 3 atom stereocenters. The zero-order chi connectivity index (χ0) is 15.2. The third-order valence-electron chi connectivity index (χ3n) is 4.05. The van der Waals surface area contributed by atoms with Gasteiger partial charge >= 0.3 is 0 Å². The van der Waals surface area contributed by atoms with E-state index in [2.05, 4.69) is 12.2 Å². The predicted molar refractivity (Wildman–Crippen MR) is 82.0 cm³/mol. The molecule has 0 aliphatic heterocycles. The summed E-state index contributed by atoms with van der Waals surface area (Å²) in [5, 5.41) is 12.2. The number of ether oxygens (including phenoxy) is 1. The monoisotopic (exact) mass is 291 g/mol. The summed E-state index contributed by atoms with van der Waals surface area (Å²) in [7, 11) is 0. The van der Waals surface area contributed by atoms with E-state index in [-0.39, 0.29) is 18.6 Å². The largest absolute Gasteiger partial charge is 0.481 e. The number of aliphatic hydroxyl groups is 1. The number of benzene rings is 1. The van der Waals surface area contributed by atoms with Crippen LogP contribution in [0.5, 0.6) is 5.75 Å². The Bertz CT molecular complexity index is 475. The number of carbonyl (C=O) groups excluding carboxylic acids is 1. The number of amides is 1. The second-order valence-corrected chi connectivity index (χ2v) is 6.04. The minimum absolute atomic E-state index is 0.0300. The minimum atomic E-state index is -0.531. The van der Waals surface area contributed by atoms with Crippen molar-refractivity contribution in [3.63, 3.8) is 0 Å². The average molecular weight is 291 g/mol. The molecule has 0 bridgehead atoms. The van der Waals surface area contributed by atoms with E-state index in [0.29, 0.717) is 11.7 Å². The van der Waals surface area contributed by atoms with Gasteiger partial charge in [0, 0.05) is 6.04 Å². The zero-order valence-electron chi connectivity index (χ0n) is 12.8. The SMILES string of the molecule is CC1CCCC(NC(=O)C(C)Oc2cccc(CO)c2)C1. The molecule has 4 nitrogen and oxygen atoms in total. The van der Waals surface area contributed by atoms with Crippen LogP contribution in [0.3, 0.4) is 0 Å². The van der Waals surface area contributed by atoms with E-state index in [1.165, 1.54) is 12.8 Å². The van der Waals surface area contributed by atoms with Gasteiger partial charge in [-0.3, -0.25) is 4.79 Å². The molecule has 0 aromatic heterocycles. The highest BCUT2D eigenvalue weighted by Crippen LogP contribution is 2.23. The maximum atomic E-state index is 12.2. The Labute approximate surface area is 126 Å². The van der Waals surface area contributed by atoms with Gasteiger partial charge in [-0.2, -0.15) is 0 Å². The number of hydrogen-bond donors (Lipinski definition) is 2. The summed E-state index contributed by atoms with van der Waals surface area (Å²) in [4.78, 5) is 12.2. The highest BCUT2D eigenvalue weighted by atomic mass is 16.5. The van der Waals surface area contributed by atoms with Crippen LogP contribution in [0.4, 0.5) is 0 Å². The molecule has 1 amide bonds. The number of aliphatic hydroxyl groups excluding tert-OH is 1. The lowest BCUT2D eigenvalue weighted by Crippen LogP contribution is -2.44. The Morgan fingerprint density at radius 3 is 3.00 bits per heavy atom. The maximum Gasteiger partial charge on any atom is 0.260 e. The molecule has 3 unspecified atom stereocenters. The highest BCUT2D eigenvalue weighted by molar-refractivity contribution is 5.81. The van der Waals surface area contributed by atoms with Crippen molar-refractivity contribution < 1.29 is 14.6 Å². The standard InChI is InChI=1S/C17H25NO3/c1-12-5-3-7-15(9-12)18-17(20)13(2)21-16-8-4-6-14(10-16)11-19/h4,6,8,10,12-13,15,19H,3,5,7,9,11H2,1-2H3,(H,18,20). The molecule has 2 N–H and O–H groups in total. The number of nitrogens with one attached hydrogen (secondary N) is 1. The molecule has 1 aromatic rings. The zero-order valence-corrected chi connectivity index (χ0v) is 12.8. The smallest absolute Gasteiger partial charge is 0.260 e. The van der Waals surface area contributed by atoms with Gasteiger partial charge in [-0.15, -0.1) is 0 Å². The first-order valence-electron chi connectivity index (χ1n) is 7.75. The molecule has 0 heterocycles. The lowest BCUT2D eigenvalue weighted by Gasteiger charge is -2.28. The summed E-state index contributed by atoms with van der Waals surface area (Å²) in [6.45, 7) is 3.96. The van der Waals surface area contributed by atoms with Crippen LogP contribution in [0.15, 0.2) is 24.3 Å². The summed E-state index contributed by atoms with van der Waals surface area (Å²) in [5.41, 5.74) is 0.779. The second-order valence-electron chi connectivity index (χ2n) is 6.04. The van der Waals surface area contributed by atoms with Crippen molar-refractivity contribution >= 4 is 5.91 Å². The molecule has 0 radical (unpaired) electrons. The van der Waals surface area contributed by atoms with E-state index >= 15 is 0 Å². The molecular weight excluding hydrogens is 266 g/mol. The van der Waals surface area contributed by atoms with Crippen molar-refractivity contribution in [1.82, 2.24) is 5.32 Å². The molecule has 1 saturated carbocycles. The molecule has 2 rings (SSSR count). The van der Waals surface area contributed by atoms with Gasteiger partial charge in [-0.25, -0.2) is 0 Å².